The van der Waals surface area contributed by atoms with Crippen LogP contribution in [0, 0.1) is 0 Å². The van der Waals surface area contributed by atoms with Crippen LogP contribution in [0.1, 0.15) is 58.3 Å². The van der Waals surface area contributed by atoms with E-state index in [-0.39, 0.29) is 29.8 Å². The van der Waals surface area contributed by atoms with Crippen molar-refractivity contribution in [3.05, 3.63) is 17.7 Å². The molecule has 9 heteroatoms. The number of amides is 2. The molecule has 0 unspecified atom stereocenters. The fraction of sp³-hybridized carbons (Fsp3) is 0.636. The predicted octanol–water partition coefficient (Wildman–Crippen LogP) is 4.55. The number of anilines is 1. The van der Waals surface area contributed by atoms with Crippen molar-refractivity contribution in [3.8, 4) is 11.5 Å². The molecular weight excluding hydrogens is 416 g/mol. The Morgan fingerprint density at radius 3 is 2.10 bits per heavy atom. The summed E-state index contributed by atoms with van der Waals surface area (Å²) in [5, 5.41) is 21.1. The molecule has 31 heavy (non-hydrogen) atoms. The van der Waals surface area contributed by atoms with Crippen LogP contribution in [0.5, 0.6) is 11.5 Å². The van der Waals surface area contributed by atoms with Crippen molar-refractivity contribution in [2.24, 2.45) is 0 Å². The van der Waals surface area contributed by atoms with Crippen molar-refractivity contribution < 1.29 is 29.0 Å². The lowest BCUT2D eigenvalue weighted by Gasteiger charge is -2.42. The number of nitrogens with one attached hydrogen (secondary N) is 1. The van der Waals surface area contributed by atoms with Gasteiger partial charge in [-0.3, -0.25) is 10.1 Å². The van der Waals surface area contributed by atoms with Gasteiger partial charge in [0.1, 0.15) is 5.75 Å². The Labute approximate surface area is 185 Å². The maximum atomic E-state index is 13.1. The Morgan fingerprint density at radius 1 is 1.13 bits per heavy atom. The Morgan fingerprint density at radius 2 is 1.71 bits per heavy atom. The third-order valence-electron chi connectivity index (χ3n) is 6.39. The summed E-state index contributed by atoms with van der Waals surface area (Å²) in [5.74, 6) is 0.478. The van der Waals surface area contributed by atoms with Gasteiger partial charge in [0.25, 0.3) is 14.2 Å². The number of benzene rings is 1. The number of aliphatic hydroxyl groups excluding tert-OH is 1. The van der Waals surface area contributed by atoms with Crippen LogP contribution in [0.3, 0.4) is 0 Å². The van der Waals surface area contributed by atoms with Gasteiger partial charge in [-0.05, 0) is 29.1 Å². The fourth-order valence-corrected chi connectivity index (χ4v) is 10.0. The van der Waals surface area contributed by atoms with Crippen molar-refractivity contribution in [1.29, 1.82) is 0 Å². The quantitative estimate of drug-likeness (QED) is 0.475. The molecule has 1 aliphatic rings. The van der Waals surface area contributed by atoms with E-state index < -0.39 is 14.4 Å². The van der Waals surface area contributed by atoms with Crippen LogP contribution in [-0.2, 0) is 0 Å². The van der Waals surface area contributed by atoms with Gasteiger partial charge in [0.05, 0.1) is 31.0 Å². The molecule has 2 amide bonds. The number of nitrogens with zero attached hydrogens (tertiary/aromatic N) is 1. The number of carbonyl (C=O) groups excluding carboxylic acids is 1. The molecule has 3 N–H and O–H groups in total. The molecule has 174 valence electrons. The van der Waals surface area contributed by atoms with Gasteiger partial charge in [0.2, 0.25) is 0 Å². The highest BCUT2D eigenvalue weighted by Crippen LogP contribution is 2.46. The zero-order chi connectivity index (χ0) is 23.5. The van der Waals surface area contributed by atoms with Crippen LogP contribution in [0.25, 0.3) is 0 Å². The highest BCUT2D eigenvalue weighted by atomic mass is 28.4. The van der Waals surface area contributed by atoms with Crippen LogP contribution in [0.2, 0.25) is 16.6 Å². The number of likely N-dealkylation sites (tertiary alicyclic amines) is 1. The molecular formula is C22H36N2O6Si. The highest BCUT2D eigenvalue weighted by Gasteiger charge is 2.47. The first-order valence-electron chi connectivity index (χ1n) is 10.8. The molecule has 2 rings (SSSR count). The summed E-state index contributed by atoms with van der Waals surface area (Å²) in [4.78, 5) is 26.1. The average Bonchev–Trinajstić information content (AvgIpc) is 2.64. The lowest BCUT2D eigenvalue weighted by Crippen LogP contribution is -2.53. The summed E-state index contributed by atoms with van der Waals surface area (Å²) in [6.45, 7) is 13.3. The zero-order valence-corrected chi connectivity index (χ0v) is 20.6. The highest BCUT2D eigenvalue weighted by molar-refractivity contribution is 6.78. The van der Waals surface area contributed by atoms with Gasteiger partial charge in [-0.1, -0.05) is 41.5 Å². The number of rotatable bonds is 9. The summed E-state index contributed by atoms with van der Waals surface area (Å²) in [6.07, 6.45) is -0.555. The van der Waals surface area contributed by atoms with Crippen LogP contribution in [0.4, 0.5) is 10.5 Å². The van der Waals surface area contributed by atoms with Gasteiger partial charge in [-0.15, -0.1) is 0 Å². The molecule has 0 aromatic heterocycles. The average molecular weight is 453 g/mol. The van der Waals surface area contributed by atoms with E-state index in [0.717, 1.165) is 0 Å². The second-order valence-electron chi connectivity index (χ2n) is 9.02. The predicted molar refractivity (Wildman–Crippen MR) is 123 cm³/mol. The first-order chi connectivity index (χ1) is 14.5. The summed E-state index contributed by atoms with van der Waals surface area (Å²) in [5.41, 5.74) is 1.24. The molecule has 1 aromatic rings. The maximum Gasteiger partial charge on any atom is 0.409 e. The second kappa shape index (κ2) is 9.91. The Bertz CT molecular complexity index is 788. The Hall–Kier alpha value is -2.26. The van der Waals surface area contributed by atoms with Crippen molar-refractivity contribution in [2.75, 3.05) is 25.6 Å². The largest absolute Gasteiger partial charge is 0.540 e. The molecule has 0 spiro atoms. The summed E-state index contributed by atoms with van der Waals surface area (Å²) in [6, 6.07) is 2.84. The van der Waals surface area contributed by atoms with E-state index in [1.807, 2.05) is 0 Å². The number of hydrogen-bond acceptors (Lipinski definition) is 5. The maximum absolute atomic E-state index is 13.1. The number of ether oxygens (including phenoxy) is 1. The summed E-state index contributed by atoms with van der Waals surface area (Å²) < 4.78 is 12.3. The normalized spacial score (nSPS) is 16.5. The van der Waals surface area contributed by atoms with E-state index in [2.05, 4.69) is 46.9 Å². The second-order valence-corrected chi connectivity index (χ2v) is 14.4. The van der Waals surface area contributed by atoms with E-state index in [9.17, 15) is 19.8 Å². The fourth-order valence-electron chi connectivity index (χ4n) is 4.79. The Balaban J connectivity index is 2.59. The van der Waals surface area contributed by atoms with Gasteiger partial charge in [-0.25, -0.2) is 4.79 Å². The zero-order valence-electron chi connectivity index (χ0n) is 19.6. The van der Waals surface area contributed by atoms with Crippen LogP contribution in [0.15, 0.2) is 12.1 Å². The first-order valence-corrected chi connectivity index (χ1v) is 13.0. The topological polar surface area (TPSA) is 108 Å². The molecule has 1 saturated heterocycles. The van der Waals surface area contributed by atoms with Crippen molar-refractivity contribution >= 4 is 26.0 Å². The van der Waals surface area contributed by atoms with Crippen molar-refractivity contribution in [2.45, 2.75) is 70.6 Å². The van der Waals surface area contributed by atoms with Crippen LogP contribution < -0.4 is 14.5 Å². The molecule has 0 bridgehead atoms. The third-order valence-corrected chi connectivity index (χ3v) is 12.4. The van der Waals surface area contributed by atoms with Crippen molar-refractivity contribution in [1.82, 2.24) is 4.90 Å². The Kier molecular flexibility index (Phi) is 7.99. The van der Waals surface area contributed by atoms with Gasteiger partial charge in [0, 0.05) is 12.6 Å². The minimum Gasteiger partial charge on any atom is -0.540 e. The first kappa shape index (κ1) is 25.0. The van der Waals surface area contributed by atoms with E-state index >= 15 is 0 Å². The minimum atomic E-state index is -2.34. The van der Waals surface area contributed by atoms with E-state index in [0.29, 0.717) is 41.1 Å². The van der Waals surface area contributed by atoms with Gasteiger partial charge >= 0.3 is 6.09 Å². The van der Waals surface area contributed by atoms with Gasteiger partial charge in [-0.2, -0.15) is 0 Å². The lowest BCUT2D eigenvalue weighted by molar-refractivity contribution is 0.0296. The molecule has 1 heterocycles. The number of carbonyl (C=O) groups is 2. The number of carboxylic acid groups (broad SMARTS) is 1. The van der Waals surface area contributed by atoms with Gasteiger partial charge in [0.15, 0.2) is 5.75 Å². The van der Waals surface area contributed by atoms with E-state index in [1.165, 1.54) is 18.1 Å². The molecule has 8 nitrogen and oxygen atoms in total. The minimum absolute atomic E-state index is 0.128. The SMILES string of the molecule is COc1cc(C(=O)N2CC[C@H]2CO)c(NC(=O)O)cc1O[Si](C(C)C)(C(C)C)C(C)C. The van der Waals surface area contributed by atoms with E-state index in [4.69, 9.17) is 9.16 Å². The summed E-state index contributed by atoms with van der Waals surface area (Å²) in [7, 11) is -0.837. The molecule has 0 aliphatic carbocycles. The molecule has 1 atom stereocenters. The van der Waals surface area contributed by atoms with E-state index in [1.54, 1.807) is 6.07 Å². The van der Waals surface area contributed by atoms with Crippen LogP contribution >= 0.6 is 0 Å². The third kappa shape index (κ3) is 4.82. The standard InChI is InChI=1S/C22H36N2O6Si/c1-13(2)31(14(3)4,15(5)6)30-20-11-18(23-22(27)28)17(10-19(20)29-7)21(26)24-9-8-16(24)12-25/h10-11,13-16,23,25H,8-9,12H2,1-7H3,(H,27,28)/t16-/m0/s1. The summed E-state index contributed by atoms with van der Waals surface area (Å²) >= 11 is 0. The number of aliphatic hydroxyl groups is 1. The van der Waals surface area contributed by atoms with Gasteiger partial charge < -0.3 is 24.3 Å². The van der Waals surface area contributed by atoms with Crippen LogP contribution in [-0.4, -0.2) is 61.7 Å². The molecule has 1 aliphatic heterocycles. The smallest absolute Gasteiger partial charge is 0.409 e. The number of hydrogen-bond donors (Lipinski definition) is 3. The number of methoxy groups -OCH3 is 1. The molecule has 1 aromatic carbocycles. The molecule has 0 saturated carbocycles. The molecule has 0 radical (unpaired) electrons. The monoisotopic (exact) mass is 452 g/mol. The molecule has 1 fully saturated rings. The van der Waals surface area contributed by atoms with Crippen molar-refractivity contribution in [3.63, 3.8) is 0 Å². The lowest BCUT2D eigenvalue weighted by atomic mass is 10.0.